The van der Waals surface area contributed by atoms with Gasteiger partial charge in [-0.15, -0.1) is 21.5 Å². The Morgan fingerprint density at radius 1 is 1.24 bits per heavy atom. The molecule has 0 aliphatic carbocycles. The second-order valence-corrected chi connectivity index (χ2v) is 9.22. The molecular formula is C21H23N5O5S2. The van der Waals surface area contributed by atoms with Crippen molar-refractivity contribution in [2.24, 2.45) is 0 Å². The first-order valence-electron chi connectivity index (χ1n) is 10.2. The molecule has 0 saturated carbocycles. The van der Waals surface area contributed by atoms with E-state index in [0.717, 1.165) is 22.7 Å². The first-order chi connectivity index (χ1) is 16.0. The van der Waals surface area contributed by atoms with Gasteiger partial charge in [0.25, 0.3) is 5.91 Å². The summed E-state index contributed by atoms with van der Waals surface area (Å²) in [5.74, 6) is -0.151. The van der Waals surface area contributed by atoms with Crippen molar-refractivity contribution in [1.82, 2.24) is 15.2 Å². The summed E-state index contributed by atoms with van der Waals surface area (Å²) < 4.78 is 15.9. The number of rotatable bonds is 9. The summed E-state index contributed by atoms with van der Waals surface area (Å²) in [4.78, 5) is 31.7. The van der Waals surface area contributed by atoms with Gasteiger partial charge >= 0.3 is 0 Å². The van der Waals surface area contributed by atoms with Crippen LogP contribution < -0.4 is 15.0 Å². The van der Waals surface area contributed by atoms with Gasteiger partial charge < -0.3 is 14.2 Å². The number of hydrogen-bond donors (Lipinski definition) is 1. The van der Waals surface area contributed by atoms with Crippen LogP contribution in [0.4, 0.5) is 10.8 Å². The Bertz CT molecular complexity index is 1150. The van der Waals surface area contributed by atoms with Crippen LogP contribution in [0.1, 0.15) is 16.9 Å². The maximum Gasteiger partial charge on any atom is 0.268 e. The van der Waals surface area contributed by atoms with E-state index < -0.39 is 6.10 Å². The first kappa shape index (κ1) is 23.2. The molecule has 33 heavy (non-hydrogen) atoms. The van der Waals surface area contributed by atoms with Crippen LogP contribution in [0.3, 0.4) is 0 Å². The highest BCUT2D eigenvalue weighted by molar-refractivity contribution is 7.15. The van der Waals surface area contributed by atoms with Gasteiger partial charge in [0.1, 0.15) is 23.9 Å². The lowest BCUT2D eigenvalue weighted by Gasteiger charge is -2.32. The summed E-state index contributed by atoms with van der Waals surface area (Å²) in [6, 6.07) is 5.52. The molecule has 0 saturated heterocycles. The summed E-state index contributed by atoms with van der Waals surface area (Å²) in [6.45, 7) is 2.39. The number of nitrogens with one attached hydrogen (secondary N) is 1. The van der Waals surface area contributed by atoms with Crippen LogP contribution in [-0.2, 0) is 32.1 Å². The van der Waals surface area contributed by atoms with Gasteiger partial charge in [0.05, 0.1) is 23.0 Å². The van der Waals surface area contributed by atoms with Crippen molar-refractivity contribution in [3.63, 3.8) is 0 Å². The molecule has 3 aromatic rings. The van der Waals surface area contributed by atoms with Crippen LogP contribution in [0.5, 0.6) is 5.75 Å². The normalized spacial score (nSPS) is 15.3. The monoisotopic (exact) mass is 489 g/mol. The third-order valence-electron chi connectivity index (χ3n) is 4.82. The number of carbonyl (C=O) groups excluding carboxylic acids is 2. The van der Waals surface area contributed by atoms with Gasteiger partial charge in [0.15, 0.2) is 6.10 Å². The van der Waals surface area contributed by atoms with E-state index in [1.54, 1.807) is 38.5 Å². The van der Waals surface area contributed by atoms with Crippen molar-refractivity contribution < 1.29 is 23.8 Å². The quantitative estimate of drug-likeness (QED) is 0.488. The Kier molecular flexibility index (Phi) is 7.28. The van der Waals surface area contributed by atoms with Crippen molar-refractivity contribution in [2.45, 2.75) is 26.1 Å². The Morgan fingerprint density at radius 2 is 2.09 bits per heavy atom. The van der Waals surface area contributed by atoms with Crippen LogP contribution in [-0.4, -0.2) is 60.5 Å². The van der Waals surface area contributed by atoms with Crippen molar-refractivity contribution >= 4 is 45.3 Å². The van der Waals surface area contributed by atoms with Gasteiger partial charge in [0, 0.05) is 31.6 Å². The molecule has 1 atom stereocenters. The fraction of sp³-hybridized carbons (Fsp3) is 0.381. The molecule has 1 aliphatic heterocycles. The Labute approximate surface area is 198 Å². The Morgan fingerprint density at radius 3 is 2.88 bits per heavy atom. The van der Waals surface area contributed by atoms with Gasteiger partial charge in [-0.05, 0) is 25.1 Å². The number of aromatic nitrogens is 3. The molecule has 1 aliphatic rings. The third-order valence-corrected chi connectivity index (χ3v) is 6.54. The maximum atomic E-state index is 12.9. The van der Waals surface area contributed by atoms with Crippen LogP contribution in [0.15, 0.2) is 23.6 Å². The summed E-state index contributed by atoms with van der Waals surface area (Å²) in [5, 5.41) is 14.5. The molecule has 0 bridgehead atoms. The molecule has 12 heteroatoms. The van der Waals surface area contributed by atoms with Crippen molar-refractivity contribution in [3.8, 4) is 17.0 Å². The number of methoxy groups -OCH3 is 2. The van der Waals surface area contributed by atoms with E-state index in [0.29, 0.717) is 34.8 Å². The van der Waals surface area contributed by atoms with Gasteiger partial charge in [-0.25, -0.2) is 4.98 Å². The molecule has 0 spiro atoms. The number of anilines is 2. The maximum absolute atomic E-state index is 12.9. The number of thiazole rings is 1. The van der Waals surface area contributed by atoms with Gasteiger partial charge in [-0.2, -0.15) is 0 Å². The Hall–Kier alpha value is -2.93. The van der Waals surface area contributed by atoms with Crippen molar-refractivity contribution in [1.29, 1.82) is 0 Å². The summed E-state index contributed by atoms with van der Waals surface area (Å²) >= 11 is 2.77. The number of ether oxygens (including phenoxy) is 3. The summed E-state index contributed by atoms with van der Waals surface area (Å²) in [5.41, 5.74) is 2.15. The molecule has 1 unspecified atom stereocenters. The number of benzene rings is 1. The molecule has 0 radical (unpaired) electrons. The zero-order valence-corrected chi connectivity index (χ0v) is 20.0. The number of nitrogens with zero attached hydrogens (tertiary/aromatic N) is 4. The number of amides is 2. The minimum absolute atomic E-state index is 0.182. The molecule has 1 N–H and O–H groups in total. The topological polar surface area (TPSA) is 116 Å². The predicted molar refractivity (Wildman–Crippen MR) is 125 cm³/mol. The fourth-order valence-corrected chi connectivity index (χ4v) is 4.78. The molecule has 10 nitrogen and oxygen atoms in total. The van der Waals surface area contributed by atoms with Crippen molar-refractivity contribution in [3.05, 3.63) is 33.6 Å². The average molecular weight is 490 g/mol. The van der Waals surface area contributed by atoms with E-state index in [4.69, 9.17) is 14.2 Å². The number of fused-ring (bicyclic) bond motifs is 1. The molecule has 1 aromatic carbocycles. The molecular weight excluding hydrogens is 466 g/mol. The Balaban J connectivity index is 1.54. The minimum Gasteiger partial charge on any atom is -0.479 e. The standard InChI is InChI=1S/C21H23N5O5S2/c1-12-20(28)26(9-17(27)23-21-25-24-19(33-21)10-30-3)15-8-13(4-5-16(15)31-12)14-11-32-18(22-14)6-7-29-2/h4-5,8,11-12H,6-7,9-10H2,1-3H3,(H,23,25,27). The SMILES string of the molecule is COCCc1nc(-c2ccc3c(c2)N(CC(=O)Nc2nnc(COC)s2)C(=O)C(C)O3)cs1. The van der Waals surface area contributed by atoms with E-state index in [-0.39, 0.29) is 18.4 Å². The molecule has 3 heterocycles. The van der Waals surface area contributed by atoms with E-state index in [1.165, 1.54) is 16.2 Å². The largest absolute Gasteiger partial charge is 0.479 e. The van der Waals surface area contributed by atoms with Crippen LogP contribution in [0.25, 0.3) is 11.3 Å². The van der Waals surface area contributed by atoms with Crippen LogP contribution in [0.2, 0.25) is 0 Å². The lowest BCUT2D eigenvalue weighted by Crippen LogP contribution is -2.47. The van der Waals surface area contributed by atoms with Crippen molar-refractivity contribution in [2.75, 3.05) is 37.6 Å². The zero-order valence-electron chi connectivity index (χ0n) is 18.4. The van der Waals surface area contributed by atoms with Crippen LogP contribution >= 0.6 is 22.7 Å². The molecule has 2 amide bonds. The van der Waals surface area contributed by atoms with Crippen LogP contribution in [0, 0.1) is 0 Å². The predicted octanol–water partition coefficient (Wildman–Crippen LogP) is 2.75. The molecule has 2 aromatic heterocycles. The highest BCUT2D eigenvalue weighted by Crippen LogP contribution is 2.37. The molecule has 0 fully saturated rings. The molecule has 174 valence electrons. The summed E-state index contributed by atoms with van der Waals surface area (Å²) in [7, 11) is 3.22. The zero-order chi connectivity index (χ0) is 23.4. The molecule has 4 rings (SSSR count). The average Bonchev–Trinajstić information content (AvgIpc) is 3.45. The number of hydrogen-bond acceptors (Lipinski definition) is 10. The first-order valence-corrected chi connectivity index (χ1v) is 11.8. The fourth-order valence-electron chi connectivity index (χ4n) is 3.27. The second kappa shape index (κ2) is 10.3. The second-order valence-electron chi connectivity index (χ2n) is 7.22. The lowest BCUT2D eigenvalue weighted by atomic mass is 10.1. The number of carbonyl (C=O) groups is 2. The highest BCUT2D eigenvalue weighted by atomic mass is 32.1. The lowest BCUT2D eigenvalue weighted by molar-refractivity contribution is -0.127. The minimum atomic E-state index is -0.703. The van der Waals surface area contributed by atoms with E-state index in [1.807, 2.05) is 17.5 Å². The van der Waals surface area contributed by atoms with Gasteiger partial charge in [-0.3, -0.25) is 19.8 Å². The van der Waals surface area contributed by atoms with E-state index in [9.17, 15) is 9.59 Å². The summed E-state index contributed by atoms with van der Waals surface area (Å²) in [6.07, 6.45) is 0.0285. The van der Waals surface area contributed by atoms with Gasteiger partial charge in [0.2, 0.25) is 11.0 Å². The van der Waals surface area contributed by atoms with Gasteiger partial charge in [-0.1, -0.05) is 11.3 Å². The van der Waals surface area contributed by atoms with E-state index >= 15 is 0 Å². The van der Waals surface area contributed by atoms with E-state index in [2.05, 4.69) is 20.5 Å². The third kappa shape index (κ3) is 5.36. The highest BCUT2D eigenvalue weighted by Gasteiger charge is 2.33. The smallest absolute Gasteiger partial charge is 0.268 e.